The number of hydrogen-bond acceptors (Lipinski definition) is 46. The summed E-state index contributed by atoms with van der Waals surface area (Å²) in [5.74, 6) is -3.51. The lowest BCUT2D eigenvalue weighted by molar-refractivity contribution is -0.397. The number of ether oxygens (including phenoxy) is 17. The van der Waals surface area contributed by atoms with E-state index in [9.17, 15) is 147 Å². The van der Waals surface area contributed by atoms with Crippen molar-refractivity contribution in [1.82, 2.24) is 21.3 Å². The van der Waals surface area contributed by atoms with Gasteiger partial charge in [0.05, 0.1) is 59.5 Å². The molecule has 0 radical (unpaired) electrons. The first-order valence-electron chi connectivity index (χ1n) is 35.6. The molecule has 0 aromatic rings. The van der Waals surface area contributed by atoms with E-state index >= 15 is 0 Å². The number of nitrogens with one attached hydrogen (secondary N) is 4. The van der Waals surface area contributed by atoms with Crippen LogP contribution in [0.3, 0.4) is 0 Å². The van der Waals surface area contributed by atoms with E-state index < -0.39 is 359 Å². The van der Waals surface area contributed by atoms with Crippen LogP contribution in [0.5, 0.6) is 0 Å². The largest absolute Gasteiger partial charge is 0.394 e. The maximum atomic E-state index is 12.9. The van der Waals surface area contributed by atoms with Crippen molar-refractivity contribution in [3.05, 3.63) is 0 Å². The summed E-state index contributed by atoms with van der Waals surface area (Å²) in [5.41, 5.74) is 0. The highest BCUT2D eigenvalue weighted by atomic mass is 16.8. The van der Waals surface area contributed by atoms with Gasteiger partial charge in [-0.25, -0.2) is 0 Å². The molecular weight excluding hydrogens is 1540 g/mol. The predicted molar refractivity (Wildman–Crippen MR) is 343 cm³/mol. The summed E-state index contributed by atoms with van der Waals surface area (Å²) in [5, 5.41) is 285. The van der Waals surface area contributed by atoms with E-state index in [1.54, 1.807) is 0 Å². The molecule has 4 amide bonds. The Balaban J connectivity index is 1.00. The highest BCUT2D eigenvalue weighted by Crippen LogP contribution is 2.39. The van der Waals surface area contributed by atoms with Crippen LogP contribution in [0.25, 0.3) is 0 Å². The second-order valence-electron chi connectivity index (χ2n) is 28.2. The van der Waals surface area contributed by atoms with Gasteiger partial charge in [0.1, 0.15) is 219 Å². The molecule has 45 atom stereocenters. The summed E-state index contributed by atoms with van der Waals surface area (Å²) in [6.07, 6.45) is -83.7. The van der Waals surface area contributed by atoms with E-state index in [-0.39, 0.29) is 0 Å². The van der Waals surface area contributed by atoms with Crippen molar-refractivity contribution in [2.75, 3.05) is 59.5 Å². The Kier molecular flexibility index (Phi) is 33.1. The second kappa shape index (κ2) is 40.3. The van der Waals surface area contributed by atoms with Gasteiger partial charge in [0.15, 0.2) is 56.6 Å². The molecule has 50 nitrogen and oxygen atoms in total. The fourth-order valence-corrected chi connectivity index (χ4v) is 14.4. The number of aliphatic hydroxyl groups excluding tert-OH is 25. The molecule has 0 aromatic carbocycles. The quantitative estimate of drug-likeness (QED) is 0.0331. The zero-order valence-corrected chi connectivity index (χ0v) is 60.1. The van der Waals surface area contributed by atoms with Crippen LogP contribution >= 0.6 is 0 Å². The lowest BCUT2D eigenvalue weighted by Crippen LogP contribution is -2.71. The topological polar surface area (TPSA) is 779 Å². The molecule has 9 fully saturated rings. The third-order valence-corrected chi connectivity index (χ3v) is 20.3. The first-order valence-corrected chi connectivity index (χ1v) is 35.6. The summed E-state index contributed by atoms with van der Waals surface area (Å²) < 4.78 is 99.7. The summed E-state index contributed by atoms with van der Waals surface area (Å²) >= 11 is 0. The fourth-order valence-electron chi connectivity index (χ4n) is 14.4. The first-order chi connectivity index (χ1) is 53.0. The third-order valence-electron chi connectivity index (χ3n) is 20.3. The molecule has 9 saturated heterocycles. The van der Waals surface area contributed by atoms with Gasteiger partial charge in [-0.05, 0) is 0 Å². The van der Waals surface area contributed by atoms with Gasteiger partial charge in [0, 0.05) is 27.7 Å². The summed E-state index contributed by atoms with van der Waals surface area (Å²) in [7, 11) is 0. The summed E-state index contributed by atoms with van der Waals surface area (Å²) in [4.78, 5) is 50.6. The minimum Gasteiger partial charge on any atom is -0.394 e. The summed E-state index contributed by atoms with van der Waals surface area (Å²) in [6.45, 7) is -5.54. The average Bonchev–Trinajstić information content (AvgIpc) is 0.770. The molecule has 0 aromatic heterocycles. The number of aliphatic hydroxyl groups is 25. The van der Waals surface area contributed by atoms with Gasteiger partial charge < -0.3 is 229 Å². The first kappa shape index (κ1) is 92.1. The SMILES string of the molecule is CC(=O)N[C@H]1[C@H](O[C@@H]2[C@@H](O[C@@H]3[C@H](O)[C@H](O[C@H]4[C@H](O)[C@@H](NC(C)=O)[C@H](O[C@H]5[C@H](O)[C@@H](NC(C)=O)C(O)O[C@@H]5CO)O[C@@H]4CO)O[C@H](CO[C@H]4O[C@H](CO[C@@H]5O[C@H](CO)[C@@H](O[C@@H]6O[C@H](CO)[C@H](O)[C@H](O)[C@H]6O)[C@H](O)[C@H]5NC(C)=O)[C@@H](O)[C@H](O)[C@@H]4O)[C@H]3O)O[C@H](CO)[C@@H](O)[C@@H]2O)O[C@H](CO)[C@@H](O[C@@H]2O[C@H](CO)[C@H](O)[C@H](O)[C@@H]2O)[C@@H]1O. The minimum absolute atomic E-state index is 0.782. The molecule has 9 aliphatic rings. The monoisotopic (exact) mass is 1640 g/mol. The van der Waals surface area contributed by atoms with Crippen LogP contribution in [0.15, 0.2) is 0 Å². The van der Waals surface area contributed by atoms with Gasteiger partial charge in [-0.2, -0.15) is 0 Å². The minimum atomic E-state index is -2.54. The van der Waals surface area contributed by atoms with Crippen molar-refractivity contribution < 1.29 is 227 Å². The molecule has 29 N–H and O–H groups in total. The van der Waals surface area contributed by atoms with E-state index in [4.69, 9.17) is 80.5 Å². The molecule has 1 unspecified atom stereocenters. The van der Waals surface area contributed by atoms with Gasteiger partial charge >= 0.3 is 0 Å². The molecule has 0 aliphatic carbocycles. The molecule has 0 bridgehead atoms. The number of carbonyl (C=O) groups excluding carboxylic acids is 4. The molecule has 0 spiro atoms. The Morgan fingerprint density at radius 3 is 0.893 bits per heavy atom. The van der Waals surface area contributed by atoms with Crippen LogP contribution in [0.4, 0.5) is 0 Å². The number of carbonyl (C=O) groups is 4. The van der Waals surface area contributed by atoms with Crippen LogP contribution in [-0.4, -0.2) is 487 Å². The van der Waals surface area contributed by atoms with Crippen LogP contribution < -0.4 is 21.3 Å². The van der Waals surface area contributed by atoms with Crippen molar-refractivity contribution in [1.29, 1.82) is 0 Å². The molecule has 0 saturated carbocycles. The van der Waals surface area contributed by atoms with Gasteiger partial charge in [-0.15, -0.1) is 0 Å². The Morgan fingerprint density at radius 2 is 0.491 bits per heavy atom. The van der Waals surface area contributed by atoms with Crippen LogP contribution in [0.1, 0.15) is 27.7 Å². The lowest BCUT2D eigenvalue weighted by Gasteiger charge is -2.51. The Bertz CT molecular complexity index is 2970. The Hall–Kier alpha value is -3.80. The molecule has 648 valence electrons. The zero-order valence-electron chi connectivity index (χ0n) is 60.1. The van der Waals surface area contributed by atoms with E-state index in [1.807, 2.05) is 0 Å². The Labute approximate surface area is 634 Å². The maximum Gasteiger partial charge on any atom is 0.217 e. The van der Waals surface area contributed by atoms with Gasteiger partial charge in [-0.3, -0.25) is 19.2 Å². The molecule has 50 heteroatoms. The van der Waals surface area contributed by atoms with Gasteiger partial charge in [0.25, 0.3) is 0 Å². The maximum absolute atomic E-state index is 12.9. The number of amides is 4. The van der Waals surface area contributed by atoms with Gasteiger partial charge in [0.2, 0.25) is 23.6 Å². The second-order valence-corrected chi connectivity index (χ2v) is 28.2. The van der Waals surface area contributed by atoms with Crippen molar-refractivity contribution in [2.24, 2.45) is 0 Å². The molecule has 9 heterocycles. The Morgan fingerprint density at radius 1 is 0.232 bits per heavy atom. The van der Waals surface area contributed by atoms with Crippen LogP contribution in [-0.2, 0) is 99.7 Å². The highest BCUT2D eigenvalue weighted by molar-refractivity contribution is 5.74. The molecule has 112 heavy (non-hydrogen) atoms. The van der Waals surface area contributed by atoms with E-state index in [1.165, 1.54) is 0 Å². The predicted octanol–water partition coefficient (Wildman–Crippen LogP) is -20.1. The van der Waals surface area contributed by atoms with Gasteiger partial charge in [-0.1, -0.05) is 0 Å². The van der Waals surface area contributed by atoms with E-state index in [0.29, 0.717) is 0 Å². The van der Waals surface area contributed by atoms with Crippen molar-refractivity contribution in [3.8, 4) is 0 Å². The molecule has 9 rings (SSSR count). The fraction of sp³-hybridized carbons (Fsp3) is 0.935. The van der Waals surface area contributed by atoms with Crippen LogP contribution in [0.2, 0.25) is 0 Å². The van der Waals surface area contributed by atoms with E-state index in [0.717, 1.165) is 27.7 Å². The lowest BCUT2D eigenvalue weighted by atomic mass is 9.93. The number of rotatable bonds is 29. The highest BCUT2D eigenvalue weighted by Gasteiger charge is 2.61. The van der Waals surface area contributed by atoms with Crippen molar-refractivity contribution >= 4 is 23.6 Å². The zero-order chi connectivity index (χ0) is 82.5. The third kappa shape index (κ3) is 20.4. The molecule has 9 aliphatic heterocycles. The molecular formula is C62H104N4O46. The number of hydrogen-bond donors (Lipinski definition) is 29. The van der Waals surface area contributed by atoms with Crippen LogP contribution in [0, 0.1) is 0 Å². The average molecular weight is 1640 g/mol. The summed E-state index contributed by atoms with van der Waals surface area (Å²) in [6, 6.07) is -7.19. The normalized spacial score (nSPS) is 48.9. The van der Waals surface area contributed by atoms with Crippen molar-refractivity contribution in [3.63, 3.8) is 0 Å². The van der Waals surface area contributed by atoms with E-state index in [2.05, 4.69) is 21.3 Å². The standard InChI is InChI=1S/C62H104N4O46/c1-14(74)63-27-36(83)48(21(8-70)98-54(27)95)107-56-29(65-16(3)76)38(85)51(24(11-73)103-56)110-61-47(94)52(111-62-53(43(90)33(80)20(7-69)101-62)112-57-30(66-17(4)77)39(86)50(23(10-72)104-57)109-60-46(93)41(88)32(79)19(6-68)100-60)35(82)26(106-61)13-97-58-44(91)42(89)34(81)25(105-58)12-96-55-28(64-15(2)75)37(84)49(22(9-71)102-55)108-59-45(92)40(87)31(78)18(5-67)99-59/h18-62,67-73,78-95H,5-13H2,1-4H3,(H,63,74)(H,64,75)(H,65,76)(H,66,77)/t18-,19-,20-,21-,22-,23-,24-,25-,26-,27-,28-,29-,30-,31+,32+,33-,34-,35-,36-,37-,38-,39-,40+,41+,42+,43+,44+,45-,46+,47+,48-,49-,50-,51-,52+,53+,54?,55-,56+,57+,58+,59+,60+,61+,62-/m1/s1. The van der Waals surface area contributed by atoms with Crippen molar-refractivity contribution in [2.45, 2.75) is 304 Å². The smallest absolute Gasteiger partial charge is 0.217 e.